The molecule has 0 spiro atoms. The molecule has 0 heterocycles. The lowest BCUT2D eigenvalue weighted by atomic mass is 9.90. The van der Waals surface area contributed by atoms with E-state index in [1.165, 1.54) is 18.2 Å². The van der Waals surface area contributed by atoms with Crippen LogP contribution in [0.3, 0.4) is 0 Å². The molecular weight excluding hydrogens is 200 g/mol. The smallest absolute Gasteiger partial charge is 0.129 e. The van der Waals surface area contributed by atoms with E-state index in [2.05, 4.69) is 0 Å². The standard InChI is InChI=1S/C11H13F2NO/c12-6-7-3-9(1-2-11(7)13)15-10-4-8(14)5-10/h1-3,8,10H,4-6,14H2/t8-,10-. The van der Waals surface area contributed by atoms with E-state index in [0.29, 0.717) is 5.75 Å². The molecule has 1 aliphatic carbocycles. The molecule has 0 aromatic heterocycles. The minimum Gasteiger partial charge on any atom is -0.490 e. The second kappa shape index (κ2) is 4.14. The van der Waals surface area contributed by atoms with Crippen molar-refractivity contribution in [3.63, 3.8) is 0 Å². The van der Waals surface area contributed by atoms with Crippen LogP contribution in [0, 0.1) is 5.82 Å². The largest absolute Gasteiger partial charge is 0.490 e. The molecule has 1 saturated carbocycles. The van der Waals surface area contributed by atoms with Crippen LogP contribution in [-0.4, -0.2) is 12.1 Å². The summed E-state index contributed by atoms with van der Waals surface area (Å²) in [5, 5.41) is 0. The number of hydrogen-bond donors (Lipinski definition) is 1. The molecular formula is C11H13F2NO. The van der Waals surface area contributed by atoms with E-state index < -0.39 is 12.5 Å². The lowest BCUT2D eigenvalue weighted by Crippen LogP contribution is -2.43. The zero-order valence-electron chi connectivity index (χ0n) is 8.25. The van der Waals surface area contributed by atoms with Crippen molar-refractivity contribution < 1.29 is 13.5 Å². The quantitative estimate of drug-likeness (QED) is 0.835. The Labute approximate surface area is 87.0 Å². The van der Waals surface area contributed by atoms with Crippen LogP contribution in [0.2, 0.25) is 0 Å². The summed E-state index contributed by atoms with van der Waals surface area (Å²) in [6.07, 6.45) is 1.71. The van der Waals surface area contributed by atoms with Gasteiger partial charge in [-0.2, -0.15) is 0 Å². The molecule has 82 valence electrons. The minimum absolute atomic E-state index is 0.0381. The molecule has 0 saturated heterocycles. The third-order valence-electron chi connectivity index (χ3n) is 2.60. The van der Waals surface area contributed by atoms with Crippen molar-refractivity contribution in [2.75, 3.05) is 0 Å². The Morgan fingerprint density at radius 1 is 1.40 bits per heavy atom. The molecule has 2 N–H and O–H groups in total. The number of halogens is 2. The molecule has 0 aliphatic heterocycles. The lowest BCUT2D eigenvalue weighted by Gasteiger charge is -2.32. The summed E-state index contributed by atoms with van der Waals surface area (Å²) in [6.45, 7) is -0.812. The van der Waals surface area contributed by atoms with E-state index in [9.17, 15) is 8.78 Å². The molecule has 4 heteroatoms. The summed E-state index contributed by atoms with van der Waals surface area (Å²) in [6, 6.07) is 4.34. The lowest BCUT2D eigenvalue weighted by molar-refractivity contribution is 0.101. The molecule has 0 amide bonds. The van der Waals surface area contributed by atoms with Gasteiger partial charge in [0.1, 0.15) is 24.3 Å². The molecule has 0 bridgehead atoms. The maximum absolute atomic E-state index is 12.9. The second-order valence-electron chi connectivity index (χ2n) is 3.86. The predicted octanol–water partition coefficient (Wildman–Crippen LogP) is 2.16. The van der Waals surface area contributed by atoms with Crippen LogP contribution in [0.4, 0.5) is 8.78 Å². The van der Waals surface area contributed by atoms with Crippen LogP contribution in [-0.2, 0) is 6.67 Å². The zero-order valence-corrected chi connectivity index (χ0v) is 8.25. The molecule has 1 aliphatic rings. The van der Waals surface area contributed by atoms with Gasteiger partial charge in [0.05, 0.1) is 0 Å². The third-order valence-corrected chi connectivity index (χ3v) is 2.60. The average molecular weight is 213 g/mol. The van der Waals surface area contributed by atoms with Gasteiger partial charge in [0.15, 0.2) is 0 Å². The van der Waals surface area contributed by atoms with Crippen LogP contribution in [0.25, 0.3) is 0 Å². The maximum atomic E-state index is 12.9. The first-order valence-electron chi connectivity index (χ1n) is 4.95. The maximum Gasteiger partial charge on any atom is 0.129 e. The monoisotopic (exact) mass is 213 g/mol. The van der Waals surface area contributed by atoms with E-state index in [4.69, 9.17) is 10.5 Å². The van der Waals surface area contributed by atoms with Gasteiger partial charge in [0, 0.05) is 11.6 Å². The fourth-order valence-electron chi connectivity index (χ4n) is 1.62. The average Bonchev–Trinajstić information content (AvgIpc) is 2.18. The number of ether oxygens (including phenoxy) is 1. The van der Waals surface area contributed by atoms with Crippen molar-refractivity contribution in [1.82, 2.24) is 0 Å². The van der Waals surface area contributed by atoms with Crippen molar-refractivity contribution >= 4 is 0 Å². The van der Waals surface area contributed by atoms with Gasteiger partial charge in [-0.3, -0.25) is 0 Å². The Hall–Kier alpha value is -1.16. The molecule has 0 radical (unpaired) electrons. The van der Waals surface area contributed by atoms with Gasteiger partial charge in [-0.05, 0) is 31.0 Å². The predicted molar refractivity (Wildman–Crippen MR) is 52.8 cm³/mol. The van der Waals surface area contributed by atoms with E-state index in [-0.39, 0.29) is 17.7 Å². The summed E-state index contributed by atoms with van der Waals surface area (Å²) in [5.41, 5.74) is 5.64. The number of rotatable bonds is 3. The van der Waals surface area contributed by atoms with Crippen LogP contribution >= 0.6 is 0 Å². The van der Waals surface area contributed by atoms with Gasteiger partial charge in [-0.1, -0.05) is 0 Å². The molecule has 2 nitrogen and oxygen atoms in total. The minimum atomic E-state index is -0.812. The van der Waals surface area contributed by atoms with E-state index in [1.54, 1.807) is 0 Å². The summed E-state index contributed by atoms with van der Waals surface area (Å²) in [5.74, 6) is -0.0175. The molecule has 0 unspecified atom stereocenters. The van der Waals surface area contributed by atoms with Gasteiger partial charge in [-0.15, -0.1) is 0 Å². The summed E-state index contributed by atoms with van der Waals surface area (Å²) >= 11 is 0. The van der Waals surface area contributed by atoms with Gasteiger partial charge >= 0.3 is 0 Å². The number of hydrogen-bond acceptors (Lipinski definition) is 2. The van der Waals surface area contributed by atoms with Crippen LogP contribution < -0.4 is 10.5 Å². The SMILES string of the molecule is N[C@H]1C[C@H](Oc2ccc(F)c(CF)c2)C1. The van der Waals surface area contributed by atoms with E-state index in [0.717, 1.165) is 12.8 Å². The van der Waals surface area contributed by atoms with Crippen LogP contribution in [0.15, 0.2) is 18.2 Å². The fraction of sp³-hybridized carbons (Fsp3) is 0.455. The second-order valence-corrected chi connectivity index (χ2v) is 3.86. The number of benzene rings is 1. The van der Waals surface area contributed by atoms with Gasteiger partial charge in [0.2, 0.25) is 0 Å². The number of nitrogens with two attached hydrogens (primary N) is 1. The highest BCUT2D eigenvalue weighted by Crippen LogP contribution is 2.26. The van der Waals surface area contributed by atoms with Crippen LogP contribution in [0.1, 0.15) is 18.4 Å². The normalized spacial score (nSPS) is 24.7. The molecule has 1 aromatic carbocycles. The molecule has 1 aromatic rings. The first-order valence-corrected chi connectivity index (χ1v) is 4.95. The topological polar surface area (TPSA) is 35.2 Å². The Morgan fingerprint density at radius 2 is 2.13 bits per heavy atom. The molecule has 1 fully saturated rings. The Balaban J connectivity index is 2.02. The van der Waals surface area contributed by atoms with Crippen molar-refractivity contribution in [3.8, 4) is 5.75 Å². The first-order chi connectivity index (χ1) is 7.19. The van der Waals surface area contributed by atoms with Crippen molar-refractivity contribution in [2.45, 2.75) is 31.7 Å². The Kier molecular flexibility index (Phi) is 2.86. The molecule has 15 heavy (non-hydrogen) atoms. The highest BCUT2D eigenvalue weighted by atomic mass is 19.1. The third kappa shape index (κ3) is 2.26. The first kappa shape index (κ1) is 10.4. The van der Waals surface area contributed by atoms with Crippen molar-refractivity contribution in [2.24, 2.45) is 5.73 Å². The zero-order chi connectivity index (χ0) is 10.8. The van der Waals surface area contributed by atoms with Crippen molar-refractivity contribution in [3.05, 3.63) is 29.6 Å². The number of alkyl halides is 1. The van der Waals surface area contributed by atoms with Crippen molar-refractivity contribution in [1.29, 1.82) is 0 Å². The summed E-state index contributed by atoms with van der Waals surface area (Å²) < 4.78 is 30.8. The van der Waals surface area contributed by atoms with Gasteiger partial charge in [0.25, 0.3) is 0 Å². The Morgan fingerprint density at radius 3 is 2.73 bits per heavy atom. The molecule has 0 atom stereocenters. The van der Waals surface area contributed by atoms with Crippen LogP contribution in [0.5, 0.6) is 5.75 Å². The summed E-state index contributed by atoms with van der Waals surface area (Å²) in [4.78, 5) is 0. The highest BCUT2D eigenvalue weighted by molar-refractivity contribution is 5.29. The Bertz CT molecular complexity index is 350. The van der Waals surface area contributed by atoms with Gasteiger partial charge < -0.3 is 10.5 Å². The van der Waals surface area contributed by atoms with E-state index >= 15 is 0 Å². The highest BCUT2D eigenvalue weighted by Gasteiger charge is 2.27. The van der Waals surface area contributed by atoms with E-state index in [1.807, 2.05) is 0 Å². The fourth-order valence-corrected chi connectivity index (χ4v) is 1.62. The summed E-state index contributed by atoms with van der Waals surface area (Å²) in [7, 11) is 0. The molecule has 2 rings (SSSR count). The van der Waals surface area contributed by atoms with Gasteiger partial charge in [-0.25, -0.2) is 8.78 Å².